The number of aromatic nitrogens is 2. The van der Waals surface area contributed by atoms with E-state index in [1.54, 1.807) is 38.3 Å². The van der Waals surface area contributed by atoms with Crippen molar-refractivity contribution in [3.8, 4) is 17.1 Å². The molecule has 9 heteroatoms. The molecule has 0 aliphatic carbocycles. The first-order valence-electron chi connectivity index (χ1n) is 8.43. The van der Waals surface area contributed by atoms with Crippen LogP contribution < -0.4 is 4.74 Å². The summed E-state index contributed by atoms with van der Waals surface area (Å²) in [5.41, 5.74) is 2.02. The molecular weight excluding hydrogens is 402 g/mol. The lowest BCUT2D eigenvalue weighted by Gasteiger charge is -2.18. The van der Waals surface area contributed by atoms with Crippen LogP contribution >= 0.6 is 11.6 Å². The van der Waals surface area contributed by atoms with Crippen molar-refractivity contribution in [2.24, 2.45) is 0 Å². The van der Waals surface area contributed by atoms with E-state index in [9.17, 15) is 8.42 Å². The third kappa shape index (κ3) is 3.76. The topological polar surface area (TPSA) is 85.5 Å². The van der Waals surface area contributed by atoms with E-state index in [-0.39, 0.29) is 17.3 Å². The molecule has 1 aromatic heterocycles. The van der Waals surface area contributed by atoms with E-state index in [1.165, 1.54) is 17.4 Å². The Morgan fingerprint density at radius 1 is 1.14 bits per heavy atom. The lowest BCUT2D eigenvalue weighted by Crippen LogP contribution is -2.27. The Bertz CT molecular complexity index is 1110. The normalized spacial score (nSPS) is 11.8. The maximum Gasteiger partial charge on any atom is 0.243 e. The summed E-state index contributed by atoms with van der Waals surface area (Å²) in [4.78, 5) is 4.48. The van der Waals surface area contributed by atoms with Crippen molar-refractivity contribution in [3.05, 3.63) is 58.4 Å². The van der Waals surface area contributed by atoms with Crippen molar-refractivity contribution in [1.82, 2.24) is 14.4 Å². The predicted octanol–water partition coefficient (Wildman–Crippen LogP) is 3.84. The van der Waals surface area contributed by atoms with Gasteiger partial charge < -0.3 is 9.26 Å². The molecule has 0 spiro atoms. The molecular formula is C19H20ClN3O4S. The van der Waals surface area contributed by atoms with E-state index in [1.807, 2.05) is 13.0 Å². The first-order chi connectivity index (χ1) is 13.3. The number of rotatable bonds is 6. The van der Waals surface area contributed by atoms with E-state index in [0.29, 0.717) is 27.7 Å². The SMILES string of the molecule is COc1ccc(S(=O)(=O)N(C)Cc2nc(-c3ccccc3Cl)no2)c(C)c1C. The molecule has 3 rings (SSSR count). The van der Waals surface area contributed by atoms with Crippen LogP contribution in [0.3, 0.4) is 0 Å². The summed E-state index contributed by atoms with van der Waals surface area (Å²) in [7, 11) is -0.739. The molecule has 0 bridgehead atoms. The Morgan fingerprint density at radius 3 is 2.54 bits per heavy atom. The van der Waals surface area contributed by atoms with E-state index >= 15 is 0 Å². The zero-order valence-electron chi connectivity index (χ0n) is 15.9. The third-order valence-electron chi connectivity index (χ3n) is 4.54. The summed E-state index contributed by atoms with van der Waals surface area (Å²) in [6, 6.07) is 10.3. The second-order valence-corrected chi connectivity index (χ2v) is 8.69. The standard InChI is InChI=1S/C19H20ClN3O4S/c1-12-13(2)17(10-9-16(12)26-4)28(24,25)23(3)11-18-21-19(22-27-18)14-7-5-6-8-15(14)20/h5-10H,11H2,1-4H3. The number of hydrogen-bond acceptors (Lipinski definition) is 6. The summed E-state index contributed by atoms with van der Waals surface area (Å²) in [5, 5.41) is 4.39. The highest BCUT2D eigenvalue weighted by Gasteiger charge is 2.26. The van der Waals surface area contributed by atoms with Crippen LogP contribution in [-0.4, -0.2) is 37.0 Å². The molecule has 0 fully saturated rings. The number of ether oxygens (including phenoxy) is 1. The van der Waals surface area contributed by atoms with Crippen molar-refractivity contribution in [2.75, 3.05) is 14.2 Å². The van der Waals surface area contributed by atoms with E-state index in [2.05, 4.69) is 10.1 Å². The van der Waals surface area contributed by atoms with Crippen molar-refractivity contribution in [1.29, 1.82) is 0 Å². The molecule has 0 atom stereocenters. The van der Waals surface area contributed by atoms with Gasteiger partial charge in [-0.05, 0) is 49.2 Å². The predicted molar refractivity (Wildman–Crippen MR) is 106 cm³/mol. The first kappa shape index (κ1) is 20.3. The maximum absolute atomic E-state index is 13.0. The number of sulfonamides is 1. The molecule has 0 radical (unpaired) electrons. The highest BCUT2D eigenvalue weighted by Crippen LogP contribution is 2.29. The number of hydrogen-bond donors (Lipinski definition) is 0. The van der Waals surface area contributed by atoms with Gasteiger partial charge in [0.2, 0.25) is 21.7 Å². The second-order valence-electron chi connectivity index (χ2n) is 6.27. The zero-order valence-corrected chi connectivity index (χ0v) is 17.5. The molecule has 1 heterocycles. The van der Waals surface area contributed by atoms with Crippen LogP contribution in [0.4, 0.5) is 0 Å². The minimum atomic E-state index is -3.75. The Kier molecular flexibility index (Phi) is 5.74. The zero-order chi connectivity index (χ0) is 20.5. The monoisotopic (exact) mass is 421 g/mol. The molecule has 0 saturated carbocycles. The summed E-state index contributed by atoms with van der Waals surface area (Å²) >= 11 is 6.15. The largest absolute Gasteiger partial charge is 0.496 e. The Hall–Kier alpha value is -2.42. The minimum Gasteiger partial charge on any atom is -0.496 e. The lowest BCUT2D eigenvalue weighted by atomic mass is 10.1. The van der Waals surface area contributed by atoms with Gasteiger partial charge in [0.15, 0.2) is 0 Å². The summed E-state index contributed by atoms with van der Waals surface area (Å²) in [5.74, 6) is 1.12. The van der Waals surface area contributed by atoms with Gasteiger partial charge in [0, 0.05) is 12.6 Å². The van der Waals surface area contributed by atoms with Gasteiger partial charge >= 0.3 is 0 Å². The minimum absolute atomic E-state index is 0.0652. The van der Waals surface area contributed by atoms with Gasteiger partial charge in [-0.3, -0.25) is 0 Å². The number of benzene rings is 2. The van der Waals surface area contributed by atoms with Crippen LogP contribution in [0.5, 0.6) is 5.75 Å². The fraction of sp³-hybridized carbons (Fsp3) is 0.263. The van der Waals surface area contributed by atoms with Crippen LogP contribution in [0.25, 0.3) is 11.4 Å². The quantitative estimate of drug-likeness (QED) is 0.601. The number of methoxy groups -OCH3 is 1. The van der Waals surface area contributed by atoms with Crippen molar-refractivity contribution < 1.29 is 17.7 Å². The van der Waals surface area contributed by atoms with Gasteiger partial charge in [0.25, 0.3) is 0 Å². The van der Waals surface area contributed by atoms with Gasteiger partial charge in [0.1, 0.15) is 5.75 Å². The van der Waals surface area contributed by atoms with Crippen molar-refractivity contribution in [2.45, 2.75) is 25.3 Å². The molecule has 0 aliphatic heterocycles. The molecule has 148 valence electrons. The maximum atomic E-state index is 13.0. The van der Waals surface area contributed by atoms with Crippen molar-refractivity contribution >= 4 is 21.6 Å². The third-order valence-corrected chi connectivity index (χ3v) is 6.81. The number of nitrogens with zero attached hydrogens (tertiary/aromatic N) is 3. The molecule has 0 N–H and O–H groups in total. The molecule has 3 aromatic rings. The highest BCUT2D eigenvalue weighted by atomic mass is 35.5. The van der Waals surface area contributed by atoms with Crippen LogP contribution in [0.1, 0.15) is 17.0 Å². The Morgan fingerprint density at radius 2 is 1.86 bits per heavy atom. The molecule has 0 aliphatic rings. The van der Waals surface area contributed by atoms with E-state index in [0.717, 1.165) is 5.56 Å². The molecule has 7 nitrogen and oxygen atoms in total. The van der Waals surface area contributed by atoms with E-state index in [4.69, 9.17) is 20.9 Å². The molecule has 0 unspecified atom stereocenters. The smallest absolute Gasteiger partial charge is 0.243 e. The molecule has 2 aromatic carbocycles. The summed E-state index contributed by atoms with van der Waals surface area (Å²) in [6.45, 7) is 3.51. The average molecular weight is 422 g/mol. The lowest BCUT2D eigenvalue weighted by molar-refractivity contribution is 0.336. The second kappa shape index (κ2) is 7.90. The van der Waals surface area contributed by atoms with E-state index < -0.39 is 10.0 Å². The first-order valence-corrected chi connectivity index (χ1v) is 10.3. The Balaban J connectivity index is 1.86. The van der Waals surface area contributed by atoms with Gasteiger partial charge in [0.05, 0.1) is 23.6 Å². The molecule has 28 heavy (non-hydrogen) atoms. The average Bonchev–Trinajstić information content (AvgIpc) is 3.12. The Labute approximate surface area is 168 Å². The van der Waals surface area contributed by atoms with Crippen molar-refractivity contribution in [3.63, 3.8) is 0 Å². The number of halogens is 1. The van der Waals surface area contributed by atoms with Crippen LogP contribution in [-0.2, 0) is 16.6 Å². The fourth-order valence-electron chi connectivity index (χ4n) is 2.79. The molecule has 0 amide bonds. The van der Waals surface area contributed by atoms with Crippen LogP contribution in [0, 0.1) is 13.8 Å². The van der Waals surface area contributed by atoms with Gasteiger partial charge in [-0.1, -0.05) is 28.9 Å². The van der Waals surface area contributed by atoms with Gasteiger partial charge in [-0.25, -0.2) is 8.42 Å². The molecule has 0 saturated heterocycles. The van der Waals surface area contributed by atoms with Crippen LogP contribution in [0.2, 0.25) is 5.02 Å². The summed E-state index contributed by atoms with van der Waals surface area (Å²) < 4.78 is 37.7. The van der Waals surface area contributed by atoms with Gasteiger partial charge in [-0.15, -0.1) is 0 Å². The fourth-order valence-corrected chi connectivity index (χ4v) is 4.40. The summed E-state index contributed by atoms with van der Waals surface area (Å²) in [6.07, 6.45) is 0. The van der Waals surface area contributed by atoms with Gasteiger partial charge in [-0.2, -0.15) is 9.29 Å². The van der Waals surface area contributed by atoms with Crippen LogP contribution in [0.15, 0.2) is 45.8 Å². The highest BCUT2D eigenvalue weighted by molar-refractivity contribution is 7.89.